The van der Waals surface area contributed by atoms with Gasteiger partial charge in [0.05, 0.1) is 6.33 Å². The van der Waals surface area contributed by atoms with Crippen molar-refractivity contribution in [2.24, 2.45) is 12.5 Å². The maximum absolute atomic E-state index is 12.8. The van der Waals surface area contributed by atoms with Crippen LogP contribution >= 0.6 is 0 Å². The quantitative estimate of drug-likeness (QED) is 0.806. The van der Waals surface area contributed by atoms with Gasteiger partial charge in [-0.25, -0.2) is 23.4 Å². The van der Waals surface area contributed by atoms with Gasteiger partial charge in [0.1, 0.15) is 0 Å². The van der Waals surface area contributed by atoms with Crippen molar-refractivity contribution < 1.29 is 8.42 Å². The van der Waals surface area contributed by atoms with Gasteiger partial charge < -0.3 is 9.47 Å². The molecule has 2 aromatic rings. The van der Waals surface area contributed by atoms with Gasteiger partial charge in [0.2, 0.25) is 5.95 Å². The molecule has 2 aromatic heterocycles. The normalized spacial score (nSPS) is 24.9. The van der Waals surface area contributed by atoms with Crippen LogP contribution in [-0.4, -0.2) is 58.4 Å². The summed E-state index contributed by atoms with van der Waals surface area (Å²) in [6.45, 7) is 2.79. The van der Waals surface area contributed by atoms with Crippen LogP contribution in [0.4, 0.5) is 5.95 Å². The van der Waals surface area contributed by atoms with Crippen LogP contribution in [0.25, 0.3) is 0 Å². The van der Waals surface area contributed by atoms with E-state index in [-0.39, 0.29) is 10.4 Å². The molecule has 0 amide bonds. The predicted molar refractivity (Wildman–Crippen MR) is 92.5 cm³/mol. The molecule has 0 radical (unpaired) electrons. The minimum atomic E-state index is -3.52. The second kappa shape index (κ2) is 6.06. The molecule has 2 saturated heterocycles. The molecule has 4 heterocycles. The molecule has 2 aliphatic rings. The average Bonchev–Trinajstić information content (AvgIpc) is 3.23. The van der Waals surface area contributed by atoms with Gasteiger partial charge in [0.15, 0.2) is 5.03 Å². The van der Waals surface area contributed by atoms with E-state index < -0.39 is 10.0 Å². The molecule has 0 saturated carbocycles. The van der Waals surface area contributed by atoms with Crippen molar-refractivity contribution in [1.29, 1.82) is 0 Å². The smallest absolute Gasteiger partial charge is 0.262 e. The van der Waals surface area contributed by atoms with Gasteiger partial charge in [-0.2, -0.15) is 4.31 Å². The lowest BCUT2D eigenvalue weighted by Gasteiger charge is -2.40. The van der Waals surface area contributed by atoms with Crippen LogP contribution in [0.15, 0.2) is 36.0 Å². The average molecular weight is 362 g/mol. The summed E-state index contributed by atoms with van der Waals surface area (Å²) in [5.41, 5.74) is -0.0285. The van der Waals surface area contributed by atoms with E-state index in [1.54, 1.807) is 40.6 Å². The Kier molecular flexibility index (Phi) is 3.99. The molecule has 8 nitrogen and oxygen atoms in total. The zero-order valence-electron chi connectivity index (χ0n) is 14.2. The summed E-state index contributed by atoms with van der Waals surface area (Å²) >= 11 is 0. The summed E-state index contributed by atoms with van der Waals surface area (Å²) in [6, 6.07) is 1.81. The molecule has 0 N–H and O–H groups in total. The molecule has 1 atom stereocenters. The number of piperidine rings is 1. The van der Waals surface area contributed by atoms with Crippen molar-refractivity contribution in [3.63, 3.8) is 0 Å². The third kappa shape index (κ3) is 3.02. The number of anilines is 1. The van der Waals surface area contributed by atoms with Gasteiger partial charge in [-0.3, -0.25) is 0 Å². The number of aryl methyl sites for hydroxylation is 1. The lowest BCUT2D eigenvalue weighted by molar-refractivity contribution is 0.246. The predicted octanol–water partition coefficient (Wildman–Crippen LogP) is 0.891. The number of imidazole rings is 1. The van der Waals surface area contributed by atoms with Crippen molar-refractivity contribution in [3.05, 3.63) is 31.0 Å². The van der Waals surface area contributed by atoms with Crippen molar-refractivity contribution in [3.8, 4) is 0 Å². The molecule has 0 bridgehead atoms. The summed E-state index contributed by atoms with van der Waals surface area (Å²) < 4.78 is 28.9. The highest BCUT2D eigenvalue weighted by Gasteiger charge is 2.46. The molecule has 25 heavy (non-hydrogen) atoms. The molecular formula is C16H22N6O2S. The van der Waals surface area contributed by atoms with E-state index in [0.717, 1.165) is 38.3 Å². The molecule has 2 fully saturated rings. The summed E-state index contributed by atoms with van der Waals surface area (Å²) in [5, 5.41) is 0.131. The first-order chi connectivity index (χ1) is 12.0. The van der Waals surface area contributed by atoms with Crippen LogP contribution in [0, 0.1) is 5.41 Å². The van der Waals surface area contributed by atoms with E-state index in [0.29, 0.717) is 13.1 Å². The van der Waals surface area contributed by atoms with E-state index in [1.165, 1.54) is 6.33 Å². The van der Waals surface area contributed by atoms with Crippen molar-refractivity contribution >= 4 is 16.0 Å². The largest absolute Gasteiger partial charge is 0.340 e. The Bertz CT molecular complexity index is 853. The highest BCUT2D eigenvalue weighted by molar-refractivity contribution is 7.89. The topological polar surface area (TPSA) is 84.2 Å². The Labute approximate surface area is 147 Å². The lowest BCUT2D eigenvalue weighted by atomic mass is 9.79. The Hall–Kier alpha value is -2.00. The number of rotatable bonds is 3. The summed E-state index contributed by atoms with van der Waals surface area (Å²) in [7, 11) is -1.75. The van der Waals surface area contributed by atoms with E-state index in [2.05, 4.69) is 19.9 Å². The number of aromatic nitrogens is 4. The second-order valence-electron chi connectivity index (χ2n) is 7.04. The Morgan fingerprint density at radius 1 is 1.08 bits per heavy atom. The molecular weight excluding hydrogens is 340 g/mol. The van der Waals surface area contributed by atoms with Gasteiger partial charge in [-0.15, -0.1) is 0 Å². The molecule has 0 aromatic carbocycles. The van der Waals surface area contributed by atoms with Gasteiger partial charge in [-0.1, -0.05) is 0 Å². The second-order valence-corrected chi connectivity index (χ2v) is 8.92. The zero-order valence-corrected chi connectivity index (χ0v) is 15.1. The van der Waals surface area contributed by atoms with Gasteiger partial charge in [0.25, 0.3) is 10.0 Å². The van der Waals surface area contributed by atoms with Crippen molar-refractivity contribution in [2.75, 3.05) is 31.1 Å². The van der Waals surface area contributed by atoms with E-state index in [4.69, 9.17) is 0 Å². The fourth-order valence-corrected chi connectivity index (χ4v) is 5.44. The fraction of sp³-hybridized carbons (Fsp3) is 0.562. The summed E-state index contributed by atoms with van der Waals surface area (Å²) in [4.78, 5) is 14.9. The highest BCUT2D eigenvalue weighted by atomic mass is 32.2. The van der Waals surface area contributed by atoms with E-state index in [9.17, 15) is 8.42 Å². The third-order valence-corrected chi connectivity index (χ3v) is 6.92. The minimum Gasteiger partial charge on any atom is -0.340 e. The number of hydrogen-bond donors (Lipinski definition) is 0. The van der Waals surface area contributed by atoms with Crippen LogP contribution in [0.5, 0.6) is 0 Å². The maximum atomic E-state index is 12.8. The molecule has 1 spiro atoms. The monoisotopic (exact) mass is 362 g/mol. The molecule has 2 aliphatic heterocycles. The Balaban J connectivity index is 1.53. The van der Waals surface area contributed by atoms with Gasteiger partial charge in [-0.05, 0) is 25.3 Å². The highest BCUT2D eigenvalue weighted by Crippen LogP contribution is 2.41. The van der Waals surface area contributed by atoms with Crippen LogP contribution in [-0.2, 0) is 17.1 Å². The third-order valence-electron chi connectivity index (χ3n) is 5.19. The molecule has 1 unspecified atom stereocenters. The SMILES string of the molecule is Cn1cnc(S(=O)(=O)N2CCC3(CCCN(c4ncccn4)C3)C2)c1. The standard InChI is InChI=1S/C16H22N6O2S/c1-20-10-14(19-13-20)25(23,24)22-9-5-16(12-22)4-2-8-21(11-16)15-17-6-3-7-18-15/h3,6-7,10,13H,2,4-5,8-9,11-12H2,1H3. The Morgan fingerprint density at radius 2 is 1.88 bits per heavy atom. The lowest BCUT2D eigenvalue weighted by Crippen LogP contribution is -2.46. The van der Waals surface area contributed by atoms with E-state index >= 15 is 0 Å². The van der Waals surface area contributed by atoms with Crippen LogP contribution < -0.4 is 4.90 Å². The minimum absolute atomic E-state index is 0.0285. The Morgan fingerprint density at radius 3 is 2.60 bits per heavy atom. The first-order valence-corrected chi connectivity index (χ1v) is 9.93. The van der Waals surface area contributed by atoms with Gasteiger partial charge >= 0.3 is 0 Å². The van der Waals surface area contributed by atoms with Crippen LogP contribution in [0.1, 0.15) is 19.3 Å². The zero-order chi connectivity index (χ0) is 17.5. The first kappa shape index (κ1) is 16.5. The summed E-state index contributed by atoms with van der Waals surface area (Å²) in [6.07, 6.45) is 9.49. The first-order valence-electron chi connectivity index (χ1n) is 8.49. The maximum Gasteiger partial charge on any atom is 0.262 e. The number of sulfonamides is 1. The molecule has 134 valence electrons. The van der Waals surface area contributed by atoms with E-state index in [1.807, 2.05) is 0 Å². The summed E-state index contributed by atoms with van der Waals surface area (Å²) in [5.74, 6) is 0.729. The molecule has 4 rings (SSSR count). The van der Waals surface area contributed by atoms with Gasteiger partial charge in [0, 0.05) is 57.2 Å². The van der Waals surface area contributed by atoms with Crippen molar-refractivity contribution in [1.82, 2.24) is 23.8 Å². The molecule has 9 heteroatoms. The van der Waals surface area contributed by atoms with Crippen molar-refractivity contribution in [2.45, 2.75) is 24.3 Å². The fourth-order valence-electron chi connectivity index (χ4n) is 3.92. The van der Waals surface area contributed by atoms with Crippen LogP contribution in [0.3, 0.4) is 0 Å². The van der Waals surface area contributed by atoms with Crippen LogP contribution in [0.2, 0.25) is 0 Å². The number of hydrogen-bond acceptors (Lipinski definition) is 6. The number of nitrogens with zero attached hydrogens (tertiary/aromatic N) is 6. The molecule has 0 aliphatic carbocycles.